The minimum Gasteiger partial charge on any atom is -0.297 e. The fourth-order valence-electron chi connectivity index (χ4n) is 3.93. The summed E-state index contributed by atoms with van der Waals surface area (Å²) in [4.78, 5) is 2.50. The van der Waals surface area contributed by atoms with Gasteiger partial charge in [0.2, 0.25) is 0 Å². The summed E-state index contributed by atoms with van der Waals surface area (Å²) in [5.41, 5.74) is 2.00. The molecule has 0 aliphatic heterocycles. The minimum absolute atomic E-state index is 0.253. The van der Waals surface area contributed by atoms with Crippen molar-refractivity contribution in [2.24, 2.45) is 5.92 Å². The van der Waals surface area contributed by atoms with Crippen LogP contribution in [0.15, 0.2) is 59.1 Å². The summed E-state index contributed by atoms with van der Waals surface area (Å²) in [6, 6.07) is 21.9. The highest BCUT2D eigenvalue weighted by Crippen LogP contribution is 2.40. The lowest BCUT2D eigenvalue weighted by Crippen LogP contribution is -2.34. The fraction of sp³-hybridized carbons (Fsp3) is 0.458. The Morgan fingerprint density at radius 3 is 2.22 bits per heavy atom. The van der Waals surface area contributed by atoms with Gasteiger partial charge in [-0.1, -0.05) is 85.2 Å². The second-order valence-electron chi connectivity index (χ2n) is 7.54. The molecule has 0 bridgehead atoms. The predicted octanol–water partition coefficient (Wildman–Crippen LogP) is 6.73. The van der Waals surface area contributed by atoms with Gasteiger partial charge in [0.1, 0.15) is 0 Å². The lowest BCUT2D eigenvalue weighted by Gasteiger charge is -2.34. The van der Waals surface area contributed by atoms with Crippen molar-refractivity contribution in [3.63, 3.8) is 0 Å². The third-order valence-corrected chi connectivity index (χ3v) is 6.48. The van der Waals surface area contributed by atoms with Crippen molar-refractivity contribution >= 4 is 15.9 Å². The van der Waals surface area contributed by atoms with Crippen LogP contribution in [0.2, 0.25) is 0 Å². The van der Waals surface area contributed by atoms with Crippen LogP contribution < -0.4 is 0 Å². The Labute approximate surface area is 173 Å². The van der Waals surface area contributed by atoms with E-state index in [4.69, 9.17) is 0 Å². The third-order valence-electron chi connectivity index (χ3n) is 5.79. The largest absolute Gasteiger partial charge is 0.297 e. The molecule has 2 aromatic carbocycles. The molecule has 2 atom stereocenters. The number of hydrogen-bond acceptors (Lipinski definition) is 2. The van der Waals surface area contributed by atoms with Gasteiger partial charge in [-0.3, -0.25) is 4.90 Å². The van der Waals surface area contributed by atoms with Crippen LogP contribution in [0.25, 0.3) is 0 Å². The van der Waals surface area contributed by atoms with Crippen molar-refractivity contribution in [3.8, 4) is 6.07 Å². The van der Waals surface area contributed by atoms with Gasteiger partial charge in [0.05, 0.1) is 11.5 Å². The van der Waals surface area contributed by atoms with E-state index in [1.807, 2.05) is 18.2 Å². The van der Waals surface area contributed by atoms with Gasteiger partial charge in [0.25, 0.3) is 0 Å². The van der Waals surface area contributed by atoms with Gasteiger partial charge < -0.3 is 0 Å². The van der Waals surface area contributed by atoms with E-state index in [0.717, 1.165) is 36.0 Å². The van der Waals surface area contributed by atoms with Gasteiger partial charge in [0, 0.05) is 10.5 Å². The van der Waals surface area contributed by atoms with Gasteiger partial charge in [0.15, 0.2) is 0 Å². The first-order chi connectivity index (χ1) is 13.0. The Morgan fingerprint density at radius 1 is 1.04 bits per heavy atom. The summed E-state index contributed by atoms with van der Waals surface area (Å²) in [6.07, 6.45) is 1.86. The standard InChI is InChI=1S/C24H31BrN2/c1-5-27(20(4)21-12-7-6-8-13-21)17-11-16-24(18-26,19(2)3)22-14-9-10-15-23(22)25/h6-10,12-15,19-20H,5,11,16-17H2,1-4H3. The second kappa shape index (κ2) is 10.1. The van der Waals surface area contributed by atoms with E-state index in [-0.39, 0.29) is 5.92 Å². The Bertz CT molecular complexity index is 750. The highest BCUT2D eigenvalue weighted by atomic mass is 79.9. The van der Waals surface area contributed by atoms with Gasteiger partial charge in [-0.25, -0.2) is 0 Å². The van der Waals surface area contributed by atoms with E-state index in [1.54, 1.807) is 0 Å². The molecule has 0 amide bonds. The molecule has 2 rings (SSSR count). The average molecular weight is 427 g/mol. The molecule has 0 saturated heterocycles. The molecule has 2 nitrogen and oxygen atoms in total. The summed E-state index contributed by atoms with van der Waals surface area (Å²) in [6.45, 7) is 10.8. The number of rotatable bonds is 9. The van der Waals surface area contributed by atoms with E-state index in [2.05, 4.69) is 91.0 Å². The highest BCUT2D eigenvalue weighted by Gasteiger charge is 2.37. The van der Waals surface area contributed by atoms with Gasteiger partial charge >= 0.3 is 0 Å². The van der Waals surface area contributed by atoms with E-state index < -0.39 is 5.41 Å². The molecule has 2 unspecified atom stereocenters. The van der Waals surface area contributed by atoms with Crippen molar-refractivity contribution in [3.05, 3.63) is 70.2 Å². The molecule has 2 aromatic rings. The zero-order valence-electron chi connectivity index (χ0n) is 17.0. The first-order valence-electron chi connectivity index (χ1n) is 9.91. The molecule has 0 aliphatic rings. The predicted molar refractivity (Wildman–Crippen MR) is 118 cm³/mol. The highest BCUT2D eigenvalue weighted by molar-refractivity contribution is 9.10. The molecule has 3 heteroatoms. The molecule has 0 N–H and O–H groups in total. The molecule has 0 saturated carbocycles. The maximum absolute atomic E-state index is 10.2. The summed E-state index contributed by atoms with van der Waals surface area (Å²) < 4.78 is 1.03. The Hall–Kier alpha value is -1.63. The number of nitriles is 1. The van der Waals surface area contributed by atoms with Crippen molar-refractivity contribution in [1.82, 2.24) is 4.90 Å². The van der Waals surface area contributed by atoms with E-state index in [9.17, 15) is 5.26 Å². The number of hydrogen-bond donors (Lipinski definition) is 0. The average Bonchev–Trinajstić information content (AvgIpc) is 2.69. The molecule has 0 spiro atoms. The van der Waals surface area contributed by atoms with Crippen LogP contribution in [0.3, 0.4) is 0 Å². The summed E-state index contributed by atoms with van der Waals surface area (Å²) >= 11 is 3.67. The molecule has 0 fully saturated rings. The smallest absolute Gasteiger partial charge is 0.0856 e. The molecule has 0 aliphatic carbocycles. The number of nitrogens with zero attached hydrogens (tertiary/aromatic N) is 2. The first-order valence-corrected chi connectivity index (χ1v) is 10.7. The molecule has 0 aromatic heterocycles. The molecule has 0 radical (unpaired) electrons. The van der Waals surface area contributed by atoms with E-state index in [1.165, 1.54) is 5.56 Å². The van der Waals surface area contributed by atoms with Crippen molar-refractivity contribution in [1.29, 1.82) is 5.26 Å². The minimum atomic E-state index is -0.463. The maximum atomic E-state index is 10.2. The Balaban J connectivity index is 2.13. The maximum Gasteiger partial charge on any atom is 0.0856 e. The SMILES string of the molecule is CCN(CCCC(C#N)(c1ccccc1Br)C(C)C)C(C)c1ccccc1. The van der Waals surface area contributed by atoms with Crippen molar-refractivity contribution in [2.45, 2.75) is 52.0 Å². The summed E-state index contributed by atoms with van der Waals surface area (Å²) in [5, 5.41) is 10.2. The summed E-state index contributed by atoms with van der Waals surface area (Å²) in [7, 11) is 0. The Morgan fingerprint density at radius 2 is 1.67 bits per heavy atom. The van der Waals surface area contributed by atoms with Crippen molar-refractivity contribution in [2.75, 3.05) is 13.1 Å². The lowest BCUT2D eigenvalue weighted by molar-refractivity contribution is 0.207. The van der Waals surface area contributed by atoms with Crippen LogP contribution in [0, 0.1) is 17.2 Å². The lowest BCUT2D eigenvalue weighted by atomic mass is 9.70. The van der Waals surface area contributed by atoms with Crippen LogP contribution in [0.4, 0.5) is 0 Å². The summed E-state index contributed by atoms with van der Waals surface area (Å²) in [5.74, 6) is 0.253. The Kier molecular flexibility index (Phi) is 8.07. The number of benzene rings is 2. The molecule has 144 valence electrons. The van der Waals surface area contributed by atoms with E-state index in [0.29, 0.717) is 6.04 Å². The topological polar surface area (TPSA) is 27.0 Å². The van der Waals surface area contributed by atoms with E-state index >= 15 is 0 Å². The van der Waals surface area contributed by atoms with Crippen LogP contribution in [-0.4, -0.2) is 18.0 Å². The monoisotopic (exact) mass is 426 g/mol. The van der Waals surface area contributed by atoms with Gasteiger partial charge in [-0.2, -0.15) is 5.26 Å². The third kappa shape index (κ3) is 5.00. The molecule has 0 heterocycles. The van der Waals surface area contributed by atoms with Crippen molar-refractivity contribution < 1.29 is 0 Å². The fourth-order valence-corrected chi connectivity index (χ4v) is 4.57. The second-order valence-corrected chi connectivity index (χ2v) is 8.39. The number of halogens is 1. The quantitative estimate of drug-likeness (QED) is 0.444. The van der Waals surface area contributed by atoms with Gasteiger partial charge in [-0.05, 0) is 56.0 Å². The van der Waals surface area contributed by atoms with Crippen LogP contribution in [0.5, 0.6) is 0 Å². The zero-order valence-corrected chi connectivity index (χ0v) is 18.5. The van der Waals surface area contributed by atoms with Crippen LogP contribution in [-0.2, 0) is 5.41 Å². The zero-order chi connectivity index (χ0) is 19.9. The normalized spacial score (nSPS) is 14.7. The molecule has 27 heavy (non-hydrogen) atoms. The van der Waals surface area contributed by atoms with Crippen LogP contribution in [0.1, 0.15) is 57.7 Å². The first kappa shape index (κ1) is 21.7. The van der Waals surface area contributed by atoms with Crippen LogP contribution >= 0.6 is 15.9 Å². The van der Waals surface area contributed by atoms with Gasteiger partial charge in [-0.15, -0.1) is 0 Å². The molecular weight excluding hydrogens is 396 g/mol. The molecular formula is C24H31BrN2.